The van der Waals surface area contributed by atoms with Crippen molar-refractivity contribution >= 4 is 22.5 Å². The van der Waals surface area contributed by atoms with Crippen molar-refractivity contribution in [2.75, 3.05) is 5.32 Å². The molecule has 1 aromatic heterocycles. The second-order valence-electron chi connectivity index (χ2n) is 7.30. The molecule has 0 saturated carbocycles. The third kappa shape index (κ3) is 3.81. The van der Waals surface area contributed by atoms with Crippen LogP contribution in [0.3, 0.4) is 0 Å². The third-order valence-electron chi connectivity index (χ3n) is 5.29. The van der Waals surface area contributed by atoms with E-state index in [2.05, 4.69) is 5.32 Å². The molecule has 148 valence electrons. The fraction of sp³-hybridized carbons (Fsp3) is 0. The first-order valence-electron chi connectivity index (χ1n) is 10.2. The summed E-state index contributed by atoms with van der Waals surface area (Å²) >= 11 is 0. The number of hydrogen-bond donors (Lipinski definition) is 1. The minimum absolute atomic E-state index is 0.154. The zero-order chi connectivity index (χ0) is 21.0. The Morgan fingerprint density at radius 2 is 1.26 bits per heavy atom. The van der Waals surface area contributed by atoms with Crippen LogP contribution >= 0.6 is 0 Å². The van der Waals surface area contributed by atoms with Crippen LogP contribution in [0.1, 0.15) is 10.4 Å². The summed E-state index contributed by atoms with van der Waals surface area (Å²) in [5, 5.41) is 3.96. The molecule has 1 amide bonds. The molecule has 5 aromatic rings. The van der Waals surface area contributed by atoms with Gasteiger partial charge in [-0.05, 0) is 23.8 Å². The van der Waals surface area contributed by atoms with E-state index in [-0.39, 0.29) is 5.91 Å². The number of benzene rings is 4. The summed E-state index contributed by atoms with van der Waals surface area (Å²) in [4.78, 5) is 18.2. The number of fused-ring (bicyclic) bond motifs is 1. The van der Waals surface area contributed by atoms with Crippen LogP contribution < -0.4 is 5.32 Å². The molecule has 1 N–H and O–H groups in total. The second kappa shape index (κ2) is 8.25. The first-order chi connectivity index (χ1) is 15.3. The van der Waals surface area contributed by atoms with Crippen molar-refractivity contribution in [2.24, 2.45) is 0 Å². The van der Waals surface area contributed by atoms with Crippen LogP contribution in [0.25, 0.3) is 33.3 Å². The molecule has 0 spiro atoms. The monoisotopic (exact) mass is 400 g/mol. The maximum atomic E-state index is 13.5. The van der Waals surface area contributed by atoms with Gasteiger partial charge in [0.15, 0.2) is 0 Å². The highest BCUT2D eigenvalue weighted by Gasteiger charge is 2.15. The Kier molecular flexibility index (Phi) is 4.99. The number of carbonyl (C=O) groups excluding carboxylic acids is 1. The largest absolute Gasteiger partial charge is 0.321 e. The minimum atomic E-state index is -0.154. The predicted molar refractivity (Wildman–Crippen MR) is 127 cm³/mol. The second-order valence-corrected chi connectivity index (χ2v) is 7.30. The Morgan fingerprint density at radius 3 is 2.03 bits per heavy atom. The maximum Gasteiger partial charge on any atom is 0.256 e. The number of nitrogens with zero attached hydrogens (tertiary/aromatic N) is 1. The molecule has 5 rings (SSSR count). The van der Waals surface area contributed by atoms with Gasteiger partial charge >= 0.3 is 0 Å². The van der Waals surface area contributed by atoms with E-state index in [4.69, 9.17) is 4.98 Å². The summed E-state index contributed by atoms with van der Waals surface area (Å²) < 4.78 is 0. The van der Waals surface area contributed by atoms with Crippen molar-refractivity contribution < 1.29 is 4.79 Å². The van der Waals surface area contributed by atoms with Gasteiger partial charge in [-0.2, -0.15) is 0 Å². The number of hydrogen-bond acceptors (Lipinski definition) is 2. The highest BCUT2D eigenvalue weighted by Crippen LogP contribution is 2.30. The molecule has 0 atom stereocenters. The van der Waals surface area contributed by atoms with Gasteiger partial charge < -0.3 is 5.32 Å². The lowest BCUT2D eigenvalue weighted by molar-refractivity contribution is 0.102. The molecule has 0 aliphatic heterocycles. The Bertz CT molecular complexity index is 1360. The molecular weight excluding hydrogens is 380 g/mol. The van der Waals surface area contributed by atoms with E-state index in [0.717, 1.165) is 39.0 Å². The summed E-state index contributed by atoms with van der Waals surface area (Å²) in [6.07, 6.45) is 0. The van der Waals surface area contributed by atoms with E-state index in [1.807, 2.05) is 115 Å². The molecule has 3 heteroatoms. The lowest BCUT2D eigenvalue weighted by atomic mass is 10.0. The average Bonchev–Trinajstić information content (AvgIpc) is 2.85. The van der Waals surface area contributed by atoms with Crippen molar-refractivity contribution in [1.29, 1.82) is 0 Å². The minimum Gasteiger partial charge on any atom is -0.321 e. The molecule has 0 fully saturated rings. The van der Waals surface area contributed by atoms with Gasteiger partial charge in [-0.1, -0.05) is 97.1 Å². The summed E-state index contributed by atoms with van der Waals surface area (Å²) in [6, 6.07) is 37.5. The SMILES string of the molecule is O=C(Nc1ccccc1-c1ccccc1)c1cc(-c2ccccc2)nc2ccccc12. The number of pyridine rings is 1. The van der Waals surface area contributed by atoms with Crippen LogP contribution in [0, 0.1) is 0 Å². The number of anilines is 1. The highest BCUT2D eigenvalue weighted by atomic mass is 16.1. The summed E-state index contributed by atoms with van der Waals surface area (Å²) in [7, 11) is 0. The number of carbonyl (C=O) groups is 1. The first kappa shape index (κ1) is 18.8. The Morgan fingerprint density at radius 1 is 0.645 bits per heavy atom. The van der Waals surface area contributed by atoms with Crippen LogP contribution in [0.2, 0.25) is 0 Å². The van der Waals surface area contributed by atoms with Crippen LogP contribution in [0.5, 0.6) is 0 Å². The standard InChI is InChI=1S/C28H20N2O/c31-28(30-25-17-9-7-15-22(25)20-11-3-1-4-12-20)24-19-27(21-13-5-2-6-14-21)29-26-18-10-8-16-23(24)26/h1-19H,(H,30,31). The van der Waals surface area contributed by atoms with Crippen LogP contribution in [-0.2, 0) is 0 Å². The zero-order valence-electron chi connectivity index (χ0n) is 16.8. The molecule has 1 heterocycles. The molecule has 0 aliphatic rings. The van der Waals surface area contributed by atoms with Gasteiger partial charge in [0, 0.05) is 22.2 Å². The topological polar surface area (TPSA) is 42.0 Å². The van der Waals surface area contributed by atoms with Gasteiger partial charge in [-0.25, -0.2) is 4.98 Å². The fourth-order valence-corrected chi connectivity index (χ4v) is 3.77. The van der Waals surface area contributed by atoms with E-state index in [1.165, 1.54) is 0 Å². The highest BCUT2D eigenvalue weighted by molar-refractivity contribution is 6.14. The van der Waals surface area contributed by atoms with E-state index < -0.39 is 0 Å². The van der Waals surface area contributed by atoms with Crippen molar-refractivity contribution in [1.82, 2.24) is 4.98 Å². The van der Waals surface area contributed by atoms with Crippen LogP contribution in [0.4, 0.5) is 5.69 Å². The molecule has 0 unspecified atom stereocenters. The van der Waals surface area contributed by atoms with Crippen LogP contribution in [-0.4, -0.2) is 10.9 Å². The van der Waals surface area contributed by atoms with E-state index in [1.54, 1.807) is 0 Å². The molecule has 31 heavy (non-hydrogen) atoms. The molecule has 4 aromatic carbocycles. The molecule has 0 saturated heterocycles. The van der Waals surface area contributed by atoms with Gasteiger partial charge in [0.05, 0.1) is 16.8 Å². The number of amides is 1. The summed E-state index contributed by atoms with van der Waals surface area (Å²) in [5.41, 5.74) is 5.98. The van der Waals surface area contributed by atoms with Gasteiger partial charge in [-0.3, -0.25) is 4.79 Å². The van der Waals surface area contributed by atoms with Gasteiger partial charge in [0.2, 0.25) is 0 Å². The molecule has 0 aliphatic carbocycles. The normalized spacial score (nSPS) is 10.7. The lowest BCUT2D eigenvalue weighted by Crippen LogP contribution is -2.13. The summed E-state index contributed by atoms with van der Waals surface area (Å²) in [5.74, 6) is -0.154. The predicted octanol–water partition coefficient (Wildman–Crippen LogP) is 6.82. The molecule has 0 radical (unpaired) electrons. The number of aromatic nitrogens is 1. The van der Waals surface area contributed by atoms with Gasteiger partial charge in [-0.15, -0.1) is 0 Å². The smallest absolute Gasteiger partial charge is 0.256 e. The van der Waals surface area contributed by atoms with Crippen molar-refractivity contribution in [3.05, 3.63) is 121 Å². The first-order valence-corrected chi connectivity index (χ1v) is 10.2. The Balaban J connectivity index is 1.59. The number of rotatable bonds is 4. The maximum absolute atomic E-state index is 13.5. The molecular formula is C28H20N2O. The lowest BCUT2D eigenvalue weighted by Gasteiger charge is -2.13. The van der Waals surface area contributed by atoms with Crippen molar-refractivity contribution in [2.45, 2.75) is 0 Å². The van der Waals surface area contributed by atoms with Crippen molar-refractivity contribution in [3.8, 4) is 22.4 Å². The Labute approximate surface area is 181 Å². The average molecular weight is 400 g/mol. The van der Waals surface area contributed by atoms with E-state index in [0.29, 0.717) is 5.56 Å². The number of nitrogens with one attached hydrogen (secondary N) is 1. The van der Waals surface area contributed by atoms with Gasteiger partial charge in [0.25, 0.3) is 5.91 Å². The fourth-order valence-electron chi connectivity index (χ4n) is 3.77. The zero-order valence-corrected chi connectivity index (χ0v) is 16.8. The Hall–Kier alpha value is -4.24. The summed E-state index contributed by atoms with van der Waals surface area (Å²) in [6.45, 7) is 0. The van der Waals surface area contributed by atoms with E-state index >= 15 is 0 Å². The van der Waals surface area contributed by atoms with Crippen molar-refractivity contribution in [3.63, 3.8) is 0 Å². The third-order valence-corrected chi connectivity index (χ3v) is 5.29. The quantitative estimate of drug-likeness (QED) is 0.360. The van der Waals surface area contributed by atoms with E-state index in [9.17, 15) is 4.79 Å². The number of para-hydroxylation sites is 2. The van der Waals surface area contributed by atoms with Gasteiger partial charge in [0.1, 0.15) is 0 Å². The molecule has 3 nitrogen and oxygen atoms in total. The van der Waals surface area contributed by atoms with Crippen LogP contribution in [0.15, 0.2) is 115 Å². The molecule has 0 bridgehead atoms.